The van der Waals surface area contributed by atoms with E-state index in [-0.39, 0.29) is 8.83 Å². The van der Waals surface area contributed by atoms with Gasteiger partial charge in [-0.25, -0.2) is 0 Å². The van der Waals surface area contributed by atoms with Gasteiger partial charge in [0.2, 0.25) is 0 Å². The van der Waals surface area contributed by atoms with Gasteiger partial charge in [0.25, 0.3) is 0 Å². The molecule has 0 unspecified atom stereocenters. The molecule has 0 radical (unpaired) electrons. The Balaban J connectivity index is 1.89. The molecular formula is C19H34Br2OSi. The number of hydrogen-bond donors (Lipinski definition) is 0. The zero-order chi connectivity index (χ0) is 17.4. The fourth-order valence-corrected chi connectivity index (χ4v) is 9.08. The molecule has 3 aliphatic rings. The number of alkyl halides is 2. The molecule has 0 aliphatic heterocycles. The van der Waals surface area contributed by atoms with Crippen molar-refractivity contribution in [3.63, 3.8) is 0 Å². The van der Waals surface area contributed by atoms with E-state index < -0.39 is 8.32 Å². The molecular weight excluding hydrogens is 432 g/mol. The Morgan fingerprint density at radius 3 is 2.22 bits per heavy atom. The zero-order valence-corrected chi connectivity index (χ0v) is 20.1. The summed E-state index contributed by atoms with van der Waals surface area (Å²) in [5, 5.41) is 0.291. The first-order valence-corrected chi connectivity index (χ1v) is 13.9. The highest BCUT2D eigenvalue weighted by Gasteiger charge is 2.70. The van der Waals surface area contributed by atoms with Crippen LogP contribution in [0.5, 0.6) is 0 Å². The minimum atomic E-state index is -1.74. The molecule has 0 aromatic carbocycles. The molecule has 0 amide bonds. The lowest BCUT2D eigenvalue weighted by Gasteiger charge is -2.48. The molecule has 0 bridgehead atoms. The largest absolute Gasteiger partial charge is 0.411 e. The zero-order valence-electron chi connectivity index (χ0n) is 15.9. The van der Waals surface area contributed by atoms with Gasteiger partial charge < -0.3 is 4.43 Å². The quantitative estimate of drug-likeness (QED) is 0.316. The summed E-state index contributed by atoms with van der Waals surface area (Å²) < 4.78 is 7.34. The Kier molecular flexibility index (Phi) is 4.58. The van der Waals surface area contributed by atoms with Crippen LogP contribution >= 0.6 is 31.9 Å². The topological polar surface area (TPSA) is 9.23 Å². The van der Waals surface area contributed by atoms with E-state index in [0.717, 1.165) is 29.6 Å². The van der Waals surface area contributed by atoms with Gasteiger partial charge in [0.1, 0.15) is 0 Å². The fourth-order valence-electron chi connectivity index (χ4n) is 5.34. The highest BCUT2D eigenvalue weighted by Crippen LogP contribution is 2.73. The van der Waals surface area contributed by atoms with Crippen molar-refractivity contribution in [3.05, 3.63) is 0 Å². The molecule has 0 aromatic heterocycles. The minimum absolute atomic E-state index is 0.0852. The van der Waals surface area contributed by atoms with E-state index in [4.69, 9.17) is 4.43 Å². The van der Waals surface area contributed by atoms with Crippen LogP contribution in [0, 0.1) is 29.6 Å². The van der Waals surface area contributed by atoms with Gasteiger partial charge in [-0.1, -0.05) is 66.0 Å². The lowest BCUT2D eigenvalue weighted by molar-refractivity contribution is -0.0142. The summed E-state index contributed by atoms with van der Waals surface area (Å²) in [6.07, 6.45) is 5.26. The molecule has 3 fully saturated rings. The van der Waals surface area contributed by atoms with E-state index in [0.29, 0.717) is 5.04 Å². The van der Waals surface area contributed by atoms with E-state index >= 15 is 0 Å². The average Bonchev–Trinajstić information content (AvgIpc) is 2.72. The minimum Gasteiger partial charge on any atom is -0.411 e. The van der Waals surface area contributed by atoms with Gasteiger partial charge in [0.15, 0.2) is 8.32 Å². The first-order valence-electron chi connectivity index (χ1n) is 9.39. The summed E-state index contributed by atoms with van der Waals surface area (Å²) in [6.45, 7) is 16.9. The highest BCUT2D eigenvalue weighted by molar-refractivity contribution is 9.25. The third-order valence-electron chi connectivity index (χ3n) is 7.76. The summed E-state index contributed by atoms with van der Waals surface area (Å²) in [4.78, 5) is 0. The normalized spacial score (nSPS) is 46.0. The Morgan fingerprint density at radius 1 is 1.04 bits per heavy atom. The van der Waals surface area contributed by atoms with Crippen LogP contribution < -0.4 is 0 Å². The SMILES string of the molecule is C[C@H]1CC[C@@H]2[C@H]1[C@@H]1[C@H](CC[C@]2(C)O[Si](C)(C)C(C)(C)C)C1(Br)Br. The monoisotopic (exact) mass is 464 g/mol. The summed E-state index contributed by atoms with van der Waals surface area (Å²) in [5.74, 6) is 3.98. The maximum atomic E-state index is 7.12. The van der Waals surface area contributed by atoms with E-state index in [9.17, 15) is 0 Å². The summed E-state index contributed by atoms with van der Waals surface area (Å²) >= 11 is 7.99. The molecule has 134 valence electrons. The van der Waals surface area contributed by atoms with Gasteiger partial charge in [-0.15, -0.1) is 0 Å². The first-order chi connectivity index (χ1) is 10.3. The van der Waals surface area contributed by atoms with Crippen molar-refractivity contribution in [2.45, 2.75) is 87.3 Å². The second-order valence-corrected chi connectivity index (χ2v) is 18.7. The Morgan fingerprint density at radius 2 is 1.65 bits per heavy atom. The van der Waals surface area contributed by atoms with E-state index in [2.05, 4.69) is 79.6 Å². The van der Waals surface area contributed by atoms with Crippen LogP contribution in [0.2, 0.25) is 18.1 Å². The average molecular weight is 466 g/mol. The predicted molar refractivity (Wildman–Crippen MR) is 109 cm³/mol. The Bertz CT molecular complexity index is 484. The molecule has 1 nitrogen and oxygen atoms in total. The number of rotatable bonds is 2. The van der Waals surface area contributed by atoms with Gasteiger partial charge in [0.05, 0.1) is 8.83 Å². The van der Waals surface area contributed by atoms with Crippen molar-refractivity contribution in [1.82, 2.24) is 0 Å². The maximum absolute atomic E-state index is 7.12. The van der Waals surface area contributed by atoms with E-state index in [1.54, 1.807) is 0 Å². The molecule has 0 N–H and O–H groups in total. The molecule has 3 saturated carbocycles. The first kappa shape index (κ1) is 18.9. The van der Waals surface area contributed by atoms with Crippen LogP contribution in [-0.4, -0.2) is 17.2 Å². The highest BCUT2D eigenvalue weighted by atomic mass is 79.9. The lowest BCUT2D eigenvalue weighted by Crippen LogP contribution is -2.52. The van der Waals surface area contributed by atoms with Crippen molar-refractivity contribution < 1.29 is 4.43 Å². The van der Waals surface area contributed by atoms with Gasteiger partial charge in [-0.3, -0.25) is 0 Å². The standard InChI is InChI=1S/C19H34Br2OSi/c1-12-8-9-13-15(12)16-14(19(16,20)21)10-11-18(13,5)22-23(6,7)17(2,3)4/h12-16H,8-11H2,1-7H3/t12-,13+,14-,15-,16-,18-/m0/s1. The second kappa shape index (κ2) is 5.57. The summed E-state index contributed by atoms with van der Waals surface area (Å²) in [5.41, 5.74) is 0.0852. The van der Waals surface area contributed by atoms with Crippen LogP contribution in [-0.2, 0) is 4.43 Å². The maximum Gasteiger partial charge on any atom is 0.192 e. The molecule has 0 heterocycles. The number of hydrogen-bond acceptors (Lipinski definition) is 1. The Hall–Kier alpha value is 1.14. The van der Waals surface area contributed by atoms with Gasteiger partial charge in [0, 0.05) is 0 Å². The molecule has 23 heavy (non-hydrogen) atoms. The molecule has 6 atom stereocenters. The van der Waals surface area contributed by atoms with Crippen LogP contribution in [0.25, 0.3) is 0 Å². The summed E-state index contributed by atoms with van der Waals surface area (Å²) in [7, 11) is -1.74. The third-order valence-corrected chi connectivity index (χ3v) is 14.6. The van der Waals surface area contributed by atoms with E-state index in [1.807, 2.05) is 0 Å². The molecule has 3 aliphatic carbocycles. The van der Waals surface area contributed by atoms with Crippen molar-refractivity contribution in [1.29, 1.82) is 0 Å². The van der Waals surface area contributed by atoms with Crippen molar-refractivity contribution in [3.8, 4) is 0 Å². The van der Waals surface area contributed by atoms with Crippen LogP contribution in [0.1, 0.15) is 60.3 Å². The van der Waals surface area contributed by atoms with E-state index in [1.165, 1.54) is 25.7 Å². The molecule has 0 aromatic rings. The lowest BCUT2D eigenvalue weighted by atomic mass is 9.76. The predicted octanol–water partition coefficient (Wildman–Crippen LogP) is 6.96. The summed E-state index contributed by atoms with van der Waals surface area (Å²) in [6, 6.07) is 0. The second-order valence-electron chi connectivity index (χ2n) is 10.3. The number of halogens is 2. The molecule has 0 spiro atoms. The van der Waals surface area contributed by atoms with Crippen LogP contribution in [0.3, 0.4) is 0 Å². The van der Waals surface area contributed by atoms with Crippen LogP contribution in [0.4, 0.5) is 0 Å². The molecule has 0 saturated heterocycles. The van der Waals surface area contributed by atoms with Gasteiger partial charge >= 0.3 is 0 Å². The third kappa shape index (κ3) is 2.96. The Labute approximate surface area is 161 Å². The van der Waals surface area contributed by atoms with Gasteiger partial charge in [-0.2, -0.15) is 0 Å². The smallest absolute Gasteiger partial charge is 0.192 e. The molecule has 4 heteroatoms. The molecule has 3 rings (SSSR count). The van der Waals surface area contributed by atoms with Crippen molar-refractivity contribution >= 4 is 40.2 Å². The fraction of sp³-hybridized carbons (Fsp3) is 1.00. The number of fused-ring (bicyclic) bond motifs is 3. The van der Waals surface area contributed by atoms with Crippen molar-refractivity contribution in [2.24, 2.45) is 29.6 Å². The van der Waals surface area contributed by atoms with Crippen LogP contribution in [0.15, 0.2) is 0 Å². The van der Waals surface area contributed by atoms with Crippen molar-refractivity contribution in [2.75, 3.05) is 0 Å². The van der Waals surface area contributed by atoms with Gasteiger partial charge in [-0.05, 0) is 73.9 Å².